The fourth-order valence-electron chi connectivity index (χ4n) is 3.78. The molecule has 3 N–H and O–H groups in total. The number of nitrogens with zero attached hydrogens (tertiary/aromatic N) is 1. The molecule has 38 heavy (non-hydrogen) atoms. The highest BCUT2D eigenvalue weighted by Gasteiger charge is 2.16. The number of aromatic nitrogens is 1. The largest absolute Gasteiger partial charge is 0.484 e. The SMILES string of the molecule is Cc1ccc(C)c(NS(=O)(=O)c2ccc(OCC(=O)NCCCNc3ccnc4cc(Cl)ccc34)cc2)c1. The molecule has 198 valence electrons. The standard InChI is InChI=1S/C28H29ClN4O4S/c1-19-4-5-20(2)26(16-19)33-38(35,36)23-9-7-22(8-10-23)37-18-28(34)32-14-3-13-30-25-12-15-31-27-17-21(29)6-11-24(25)27/h4-12,15-17,33H,3,13-14,18H2,1-2H3,(H,30,31)(H,32,34). The van der Waals surface area contributed by atoms with Gasteiger partial charge in [0.1, 0.15) is 5.75 Å². The van der Waals surface area contributed by atoms with Gasteiger partial charge in [-0.1, -0.05) is 23.7 Å². The molecule has 1 heterocycles. The highest BCUT2D eigenvalue weighted by Crippen LogP contribution is 2.25. The molecule has 0 fully saturated rings. The average Bonchev–Trinajstić information content (AvgIpc) is 2.89. The Morgan fingerprint density at radius 2 is 1.74 bits per heavy atom. The Morgan fingerprint density at radius 3 is 2.53 bits per heavy atom. The van der Waals surface area contributed by atoms with Gasteiger partial charge in [0, 0.05) is 35.4 Å². The number of carbonyl (C=O) groups is 1. The van der Waals surface area contributed by atoms with Crippen molar-refractivity contribution >= 4 is 49.8 Å². The number of fused-ring (bicyclic) bond motifs is 1. The van der Waals surface area contributed by atoms with Crippen molar-refractivity contribution in [2.24, 2.45) is 0 Å². The summed E-state index contributed by atoms with van der Waals surface area (Å²) in [4.78, 5) is 16.6. The van der Waals surface area contributed by atoms with Crippen LogP contribution in [0, 0.1) is 13.8 Å². The predicted octanol–water partition coefficient (Wildman–Crippen LogP) is 5.30. The highest BCUT2D eigenvalue weighted by atomic mass is 35.5. The number of rotatable bonds is 11. The van der Waals surface area contributed by atoms with E-state index < -0.39 is 10.0 Å². The lowest BCUT2D eigenvalue weighted by Gasteiger charge is -2.12. The molecule has 0 atom stereocenters. The second-order valence-corrected chi connectivity index (χ2v) is 11.0. The fourth-order valence-corrected chi connectivity index (χ4v) is 5.07. The third-order valence-corrected chi connectivity index (χ3v) is 7.45. The number of pyridine rings is 1. The minimum absolute atomic E-state index is 0.104. The van der Waals surface area contributed by atoms with E-state index in [1.54, 1.807) is 12.3 Å². The quantitative estimate of drug-likeness (QED) is 0.218. The summed E-state index contributed by atoms with van der Waals surface area (Å²) in [5, 5.41) is 7.79. The lowest BCUT2D eigenvalue weighted by atomic mass is 10.1. The number of carbonyl (C=O) groups excluding carboxylic acids is 1. The number of anilines is 2. The summed E-state index contributed by atoms with van der Waals surface area (Å²) in [5.41, 5.74) is 4.10. The van der Waals surface area contributed by atoms with E-state index in [2.05, 4.69) is 20.3 Å². The van der Waals surface area contributed by atoms with Crippen LogP contribution in [0.2, 0.25) is 5.02 Å². The molecule has 0 bridgehead atoms. The second kappa shape index (κ2) is 12.1. The van der Waals surface area contributed by atoms with Crippen molar-refractivity contribution in [2.45, 2.75) is 25.2 Å². The van der Waals surface area contributed by atoms with Crippen molar-refractivity contribution in [1.82, 2.24) is 10.3 Å². The Balaban J connectivity index is 1.20. The zero-order valence-electron chi connectivity index (χ0n) is 21.1. The summed E-state index contributed by atoms with van der Waals surface area (Å²) in [6, 6.07) is 19.0. The third-order valence-electron chi connectivity index (χ3n) is 5.84. The van der Waals surface area contributed by atoms with Gasteiger partial charge in [0.2, 0.25) is 0 Å². The number of benzene rings is 3. The molecule has 1 amide bonds. The van der Waals surface area contributed by atoms with Crippen LogP contribution in [-0.2, 0) is 14.8 Å². The number of amides is 1. The first-order valence-electron chi connectivity index (χ1n) is 12.1. The van der Waals surface area contributed by atoms with Crippen LogP contribution in [0.15, 0.2) is 77.8 Å². The fraction of sp³-hybridized carbons (Fsp3) is 0.214. The molecule has 3 aromatic carbocycles. The summed E-state index contributed by atoms with van der Waals surface area (Å²) in [6.07, 6.45) is 2.44. The van der Waals surface area contributed by atoms with Crippen LogP contribution in [0.1, 0.15) is 17.5 Å². The van der Waals surface area contributed by atoms with E-state index in [-0.39, 0.29) is 17.4 Å². The normalized spacial score (nSPS) is 11.2. The Morgan fingerprint density at radius 1 is 0.947 bits per heavy atom. The Hall–Kier alpha value is -3.82. The molecule has 4 aromatic rings. The summed E-state index contributed by atoms with van der Waals surface area (Å²) in [6.45, 7) is 4.71. The Labute approximate surface area is 227 Å². The van der Waals surface area contributed by atoms with E-state index in [9.17, 15) is 13.2 Å². The molecular formula is C28H29ClN4O4S. The maximum atomic E-state index is 12.8. The van der Waals surface area contributed by atoms with E-state index >= 15 is 0 Å². The average molecular weight is 553 g/mol. The van der Waals surface area contributed by atoms with Crippen molar-refractivity contribution in [1.29, 1.82) is 0 Å². The smallest absolute Gasteiger partial charge is 0.261 e. The van der Waals surface area contributed by atoms with Gasteiger partial charge in [-0.15, -0.1) is 0 Å². The number of nitrogens with one attached hydrogen (secondary N) is 3. The lowest BCUT2D eigenvalue weighted by Crippen LogP contribution is -2.30. The van der Waals surface area contributed by atoms with E-state index in [1.165, 1.54) is 24.3 Å². The van der Waals surface area contributed by atoms with Crippen molar-refractivity contribution in [3.05, 3.63) is 89.1 Å². The zero-order valence-corrected chi connectivity index (χ0v) is 22.7. The van der Waals surface area contributed by atoms with Gasteiger partial charge in [-0.3, -0.25) is 14.5 Å². The first-order valence-corrected chi connectivity index (χ1v) is 14.0. The third kappa shape index (κ3) is 7.14. The van der Waals surface area contributed by atoms with Crippen LogP contribution in [0.3, 0.4) is 0 Å². The molecule has 0 aliphatic rings. The molecule has 0 unspecified atom stereocenters. The molecule has 0 saturated carbocycles. The number of aryl methyl sites for hydroxylation is 2. The van der Waals surface area contributed by atoms with Crippen LogP contribution in [0.4, 0.5) is 11.4 Å². The van der Waals surface area contributed by atoms with Crippen molar-refractivity contribution < 1.29 is 17.9 Å². The molecular weight excluding hydrogens is 524 g/mol. The van der Waals surface area contributed by atoms with Crippen molar-refractivity contribution in [3.8, 4) is 5.75 Å². The number of hydrogen-bond acceptors (Lipinski definition) is 6. The van der Waals surface area contributed by atoms with Crippen LogP contribution in [0.5, 0.6) is 5.75 Å². The molecule has 0 spiro atoms. The summed E-state index contributed by atoms with van der Waals surface area (Å²) in [5.74, 6) is 0.138. The summed E-state index contributed by atoms with van der Waals surface area (Å²) in [7, 11) is -3.75. The topological polar surface area (TPSA) is 109 Å². The molecule has 1 aromatic heterocycles. The number of hydrogen-bond donors (Lipinski definition) is 3. The van der Waals surface area contributed by atoms with E-state index in [4.69, 9.17) is 16.3 Å². The van der Waals surface area contributed by atoms with Gasteiger partial charge in [0.25, 0.3) is 15.9 Å². The molecule has 0 aliphatic carbocycles. The van der Waals surface area contributed by atoms with E-state index in [0.29, 0.717) is 36.0 Å². The van der Waals surface area contributed by atoms with Crippen LogP contribution in [0.25, 0.3) is 10.9 Å². The maximum Gasteiger partial charge on any atom is 0.261 e. The molecule has 4 rings (SSSR count). The monoisotopic (exact) mass is 552 g/mol. The van der Waals surface area contributed by atoms with Crippen LogP contribution in [-0.4, -0.2) is 39.0 Å². The zero-order chi connectivity index (χ0) is 27.1. The van der Waals surface area contributed by atoms with E-state index in [0.717, 1.165) is 27.7 Å². The molecule has 0 radical (unpaired) electrons. The Bertz CT molecular complexity index is 1540. The predicted molar refractivity (Wildman–Crippen MR) is 152 cm³/mol. The first-order chi connectivity index (χ1) is 18.2. The van der Waals surface area contributed by atoms with Gasteiger partial charge >= 0.3 is 0 Å². The van der Waals surface area contributed by atoms with Crippen LogP contribution < -0.4 is 20.1 Å². The van der Waals surface area contributed by atoms with Crippen molar-refractivity contribution in [2.75, 3.05) is 29.7 Å². The second-order valence-electron chi connectivity index (χ2n) is 8.83. The number of sulfonamides is 1. The van der Waals surface area contributed by atoms with Gasteiger partial charge in [-0.25, -0.2) is 8.42 Å². The molecule has 0 saturated heterocycles. The minimum atomic E-state index is -3.75. The lowest BCUT2D eigenvalue weighted by molar-refractivity contribution is -0.123. The molecule has 0 aliphatic heterocycles. The van der Waals surface area contributed by atoms with Crippen LogP contribution >= 0.6 is 11.6 Å². The van der Waals surface area contributed by atoms with Gasteiger partial charge in [0.15, 0.2) is 6.61 Å². The Kier molecular flexibility index (Phi) is 8.70. The minimum Gasteiger partial charge on any atom is -0.484 e. The maximum absolute atomic E-state index is 12.8. The first kappa shape index (κ1) is 27.2. The molecule has 10 heteroatoms. The molecule has 8 nitrogen and oxygen atoms in total. The summed E-state index contributed by atoms with van der Waals surface area (Å²) >= 11 is 6.03. The van der Waals surface area contributed by atoms with Gasteiger partial charge < -0.3 is 15.4 Å². The highest BCUT2D eigenvalue weighted by molar-refractivity contribution is 7.92. The van der Waals surface area contributed by atoms with E-state index in [1.807, 2.05) is 50.2 Å². The van der Waals surface area contributed by atoms with Crippen molar-refractivity contribution in [3.63, 3.8) is 0 Å². The number of ether oxygens (including phenoxy) is 1. The van der Waals surface area contributed by atoms with Gasteiger partial charge in [0.05, 0.1) is 16.1 Å². The van der Waals surface area contributed by atoms with Gasteiger partial charge in [-0.2, -0.15) is 0 Å². The number of halogens is 1. The van der Waals surface area contributed by atoms with Gasteiger partial charge in [-0.05, 0) is 86.0 Å². The summed E-state index contributed by atoms with van der Waals surface area (Å²) < 4.78 is 33.6.